The number of piperidine rings is 1. The van der Waals surface area contributed by atoms with Crippen LogP contribution in [-0.4, -0.2) is 41.1 Å². The third-order valence-corrected chi connectivity index (χ3v) is 4.38. The summed E-state index contributed by atoms with van der Waals surface area (Å²) in [7, 11) is 0. The fourth-order valence-corrected chi connectivity index (χ4v) is 3.23. The fraction of sp³-hybridized carbons (Fsp3) is 0.857. The highest BCUT2D eigenvalue weighted by atomic mass is 32.1. The van der Waals surface area contributed by atoms with Crippen molar-refractivity contribution in [2.75, 3.05) is 13.2 Å². The van der Waals surface area contributed by atoms with E-state index < -0.39 is 0 Å². The van der Waals surface area contributed by atoms with Crippen molar-refractivity contribution in [1.29, 1.82) is 0 Å². The van der Waals surface area contributed by atoms with E-state index in [1.807, 2.05) is 4.90 Å². The van der Waals surface area contributed by atoms with Gasteiger partial charge < -0.3 is 15.4 Å². The topological polar surface area (TPSA) is 55.6 Å². The molecule has 2 aliphatic rings. The molecule has 0 aliphatic carbocycles. The second kappa shape index (κ2) is 7.20. The van der Waals surface area contributed by atoms with E-state index >= 15 is 0 Å². The van der Waals surface area contributed by atoms with Crippen LogP contribution in [-0.2, 0) is 9.53 Å². The normalized spacial score (nSPS) is 28.1. The average molecular weight is 284 g/mol. The van der Waals surface area contributed by atoms with Crippen molar-refractivity contribution in [3.05, 3.63) is 0 Å². The summed E-state index contributed by atoms with van der Waals surface area (Å²) in [4.78, 5) is 14.7. The van der Waals surface area contributed by atoms with Crippen LogP contribution in [0.25, 0.3) is 0 Å². The summed E-state index contributed by atoms with van der Waals surface area (Å²) in [6, 6.07) is -0.0245. The molecule has 108 valence electrons. The first-order valence-electron chi connectivity index (χ1n) is 7.39. The highest BCUT2D eigenvalue weighted by molar-refractivity contribution is 7.80. The van der Waals surface area contributed by atoms with Gasteiger partial charge in [0.25, 0.3) is 0 Å². The molecule has 0 radical (unpaired) electrons. The van der Waals surface area contributed by atoms with E-state index in [0.29, 0.717) is 11.4 Å². The van der Waals surface area contributed by atoms with Gasteiger partial charge in [0.05, 0.1) is 17.1 Å². The molecule has 0 saturated carbocycles. The van der Waals surface area contributed by atoms with Gasteiger partial charge in [0, 0.05) is 19.6 Å². The van der Waals surface area contributed by atoms with Crippen LogP contribution in [0.2, 0.25) is 0 Å². The molecule has 2 rings (SSSR count). The molecule has 5 heteroatoms. The summed E-state index contributed by atoms with van der Waals surface area (Å²) in [5.74, 6) is 0.187. The molecule has 2 saturated heterocycles. The smallest absolute Gasteiger partial charge is 0.223 e. The lowest BCUT2D eigenvalue weighted by Gasteiger charge is -2.35. The van der Waals surface area contributed by atoms with Gasteiger partial charge >= 0.3 is 0 Å². The van der Waals surface area contributed by atoms with Crippen molar-refractivity contribution in [3.63, 3.8) is 0 Å². The Kier molecular flexibility index (Phi) is 5.58. The Bertz CT molecular complexity index is 329. The molecule has 0 aromatic heterocycles. The van der Waals surface area contributed by atoms with E-state index in [1.165, 1.54) is 6.42 Å². The monoisotopic (exact) mass is 284 g/mol. The van der Waals surface area contributed by atoms with Gasteiger partial charge in [0.15, 0.2) is 0 Å². The zero-order valence-electron chi connectivity index (χ0n) is 11.5. The van der Waals surface area contributed by atoms with Crippen LogP contribution < -0.4 is 5.73 Å². The zero-order chi connectivity index (χ0) is 13.7. The van der Waals surface area contributed by atoms with Crippen molar-refractivity contribution in [2.24, 2.45) is 5.73 Å². The molecular weight excluding hydrogens is 260 g/mol. The number of hydrogen-bond donors (Lipinski definition) is 1. The Morgan fingerprint density at radius 2 is 2.05 bits per heavy atom. The predicted octanol–water partition coefficient (Wildman–Crippen LogP) is 2.00. The van der Waals surface area contributed by atoms with Gasteiger partial charge in [-0.3, -0.25) is 4.79 Å². The van der Waals surface area contributed by atoms with E-state index in [-0.39, 0.29) is 18.1 Å². The van der Waals surface area contributed by atoms with E-state index in [1.54, 1.807) is 0 Å². The Morgan fingerprint density at radius 3 is 2.74 bits per heavy atom. The molecule has 0 aromatic rings. The highest BCUT2D eigenvalue weighted by Gasteiger charge is 2.28. The number of carbonyl (C=O) groups excluding carboxylic acids is 1. The number of rotatable bonds is 4. The van der Waals surface area contributed by atoms with Crippen molar-refractivity contribution in [2.45, 2.75) is 63.5 Å². The number of likely N-dealkylation sites (tertiary alicyclic amines) is 1. The molecule has 2 N–H and O–H groups in total. The standard InChI is InChI=1S/C14H24N2O2S/c15-14(19)12-6-1-3-9-16(12)13(17)8-7-11-5-2-4-10-18-11/h11-12H,1-10H2,(H2,15,19). The molecule has 4 nitrogen and oxygen atoms in total. The molecule has 2 aliphatic heterocycles. The van der Waals surface area contributed by atoms with Gasteiger partial charge in [-0.05, 0) is 44.9 Å². The predicted molar refractivity (Wildman–Crippen MR) is 79.0 cm³/mol. The molecule has 0 bridgehead atoms. The molecule has 1 amide bonds. The molecule has 0 spiro atoms. The Balaban J connectivity index is 1.81. The first-order valence-corrected chi connectivity index (χ1v) is 7.79. The Hall–Kier alpha value is -0.680. The van der Waals surface area contributed by atoms with E-state index in [9.17, 15) is 4.79 Å². The third kappa shape index (κ3) is 4.14. The number of hydrogen-bond acceptors (Lipinski definition) is 3. The lowest BCUT2D eigenvalue weighted by molar-refractivity contribution is -0.134. The fourth-order valence-electron chi connectivity index (χ4n) is 2.99. The highest BCUT2D eigenvalue weighted by Crippen LogP contribution is 2.21. The van der Waals surface area contributed by atoms with Gasteiger partial charge in [0.2, 0.25) is 5.91 Å². The number of ether oxygens (including phenoxy) is 1. The van der Waals surface area contributed by atoms with Crippen LogP contribution in [0.1, 0.15) is 51.4 Å². The zero-order valence-corrected chi connectivity index (χ0v) is 12.3. The van der Waals surface area contributed by atoms with Gasteiger partial charge in [0.1, 0.15) is 0 Å². The summed E-state index contributed by atoms with van der Waals surface area (Å²) < 4.78 is 5.67. The summed E-state index contributed by atoms with van der Waals surface area (Å²) in [5.41, 5.74) is 5.75. The number of amides is 1. The van der Waals surface area contributed by atoms with Crippen LogP contribution in [0.3, 0.4) is 0 Å². The summed E-state index contributed by atoms with van der Waals surface area (Å²) >= 11 is 5.08. The summed E-state index contributed by atoms with van der Waals surface area (Å²) in [5, 5.41) is 0. The maximum absolute atomic E-state index is 12.3. The lowest BCUT2D eigenvalue weighted by atomic mass is 10.00. The summed E-state index contributed by atoms with van der Waals surface area (Å²) in [6.07, 6.45) is 8.21. The molecule has 19 heavy (non-hydrogen) atoms. The second-order valence-electron chi connectivity index (χ2n) is 5.53. The molecule has 2 unspecified atom stereocenters. The van der Waals surface area contributed by atoms with Crippen molar-refractivity contribution in [1.82, 2.24) is 4.90 Å². The van der Waals surface area contributed by atoms with Crippen LogP contribution in [0.5, 0.6) is 0 Å². The van der Waals surface area contributed by atoms with Gasteiger partial charge in [-0.25, -0.2) is 0 Å². The minimum absolute atomic E-state index is 0.0245. The van der Waals surface area contributed by atoms with E-state index in [4.69, 9.17) is 22.7 Å². The number of thiocarbonyl (C=S) groups is 1. The quantitative estimate of drug-likeness (QED) is 0.802. The van der Waals surface area contributed by atoms with Crippen LogP contribution >= 0.6 is 12.2 Å². The van der Waals surface area contributed by atoms with Gasteiger partial charge in [-0.1, -0.05) is 12.2 Å². The SMILES string of the molecule is NC(=S)C1CCCCN1C(=O)CCC1CCCCO1. The van der Waals surface area contributed by atoms with Gasteiger partial charge in [-0.15, -0.1) is 0 Å². The number of nitrogens with two attached hydrogens (primary N) is 1. The molecule has 2 atom stereocenters. The minimum Gasteiger partial charge on any atom is -0.392 e. The molecule has 2 heterocycles. The lowest BCUT2D eigenvalue weighted by Crippen LogP contribution is -2.49. The summed E-state index contributed by atoms with van der Waals surface area (Å²) in [6.45, 7) is 1.64. The average Bonchev–Trinajstić information content (AvgIpc) is 2.46. The first kappa shape index (κ1) is 14.7. The van der Waals surface area contributed by atoms with Crippen LogP contribution in [0, 0.1) is 0 Å². The second-order valence-corrected chi connectivity index (χ2v) is 6.00. The maximum atomic E-state index is 12.3. The first-order chi connectivity index (χ1) is 9.18. The molecule has 0 aromatic carbocycles. The Labute approximate surface area is 120 Å². The largest absolute Gasteiger partial charge is 0.392 e. The van der Waals surface area contributed by atoms with Crippen molar-refractivity contribution < 1.29 is 9.53 Å². The van der Waals surface area contributed by atoms with E-state index in [2.05, 4.69) is 0 Å². The third-order valence-electron chi connectivity index (χ3n) is 4.11. The Morgan fingerprint density at radius 1 is 1.26 bits per heavy atom. The number of carbonyl (C=O) groups is 1. The number of nitrogens with zero attached hydrogens (tertiary/aromatic N) is 1. The van der Waals surface area contributed by atoms with Crippen molar-refractivity contribution >= 4 is 23.1 Å². The molecule has 2 fully saturated rings. The van der Waals surface area contributed by atoms with Crippen molar-refractivity contribution in [3.8, 4) is 0 Å². The van der Waals surface area contributed by atoms with Gasteiger partial charge in [-0.2, -0.15) is 0 Å². The van der Waals surface area contributed by atoms with Crippen LogP contribution in [0.15, 0.2) is 0 Å². The maximum Gasteiger partial charge on any atom is 0.223 e. The van der Waals surface area contributed by atoms with Crippen LogP contribution in [0.4, 0.5) is 0 Å². The van der Waals surface area contributed by atoms with E-state index in [0.717, 1.165) is 51.7 Å². The molecular formula is C14H24N2O2S. The minimum atomic E-state index is -0.0245.